The van der Waals surface area contributed by atoms with E-state index in [9.17, 15) is 14.9 Å². The molecule has 0 saturated carbocycles. The second-order valence-corrected chi connectivity index (χ2v) is 5.27. The second kappa shape index (κ2) is 8.07. The monoisotopic (exact) mass is 347 g/mol. The van der Waals surface area contributed by atoms with E-state index in [0.29, 0.717) is 11.3 Å². The third-order valence-electron chi connectivity index (χ3n) is 2.93. The maximum atomic E-state index is 11.6. The average molecular weight is 348 g/mol. The summed E-state index contributed by atoms with van der Waals surface area (Å²) in [6.45, 7) is 1.73. The molecule has 0 aliphatic carbocycles. The minimum absolute atomic E-state index is 0.0349. The van der Waals surface area contributed by atoms with Crippen LogP contribution in [0.25, 0.3) is 0 Å². The Labute approximate surface area is 143 Å². The molecule has 0 atom stereocenters. The number of nitrogens with zero attached hydrogens (tertiary/aromatic N) is 2. The second-order valence-electron chi connectivity index (χ2n) is 4.87. The van der Waals surface area contributed by atoms with E-state index in [2.05, 4.69) is 10.5 Å². The number of nitro benzene ring substituents is 1. The lowest BCUT2D eigenvalue weighted by Crippen LogP contribution is -2.24. The van der Waals surface area contributed by atoms with Crippen LogP contribution in [0.4, 0.5) is 5.69 Å². The van der Waals surface area contributed by atoms with Gasteiger partial charge in [-0.1, -0.05) is 29.8 Å². The lowest BCUT2D eigenvalue weighted by atomic mass is 10.2. The minimum atomic E-state index is -0.589. The van der Waals surface area contributed by atoms with Crippen LogP contribution >= 0.6 is 11.6 Å². The summed E-state index contributed by atoms with van der Waals surface area (Å²) < 4.78 is 5.32. The molecule has 0 heterocycles. The first kappa shape index (κ1) is 17.4. The number of hydrazone groups is 1. The Morgan fingerprint density at radius 3 is 2.88 bits per heavy atom. The Morgan fingerprint density at radius 2 is 2.17 bits per heavy atom. The Balaban J connectivity index is 1.88. The summed E-state index contributed by atoms with van der Waals surface area (Å²) in [4.78, 5) is 21.8. The van der Waals surface area contributed by atoms with Crippen molar-refractivity contribution in [2.75, 3.05) is 6.61 Å². The first-order valence-electron chi connectivity index (χ1n) is 6.91. The maximum absolute atomic E-state index is 11.6. The van der Waals surface area contributed by atoms with Crippen LogP contribution in [0.15, 0.2) is 47.6 Å². The number of amides is 1. The molecule has 0 saturated heterocycles. The highest BCUT2D eigenvalue weighted by Crippen LogP contribution is 2.24. The van der Waals surface area contributed by atoms with Gasteiger partial charge in [0, 0.05) is 11.6 Å². The topological polar surface area (TPSA) is 93.8 Å². The van der Waals surface area contributed by atoms with Crippen molar-refractivity contribution in [2.24, 2.45) is 5.10 Å². The van der Waals surface area contributed by atoms with Gasteiger partial charge in [-0.25, -0.2) is 5.43 Å². The molecule has 0 aromatic heterocycles. The van der Waals surface area contributed by atoms with Crippen LogP contribution in [0.5, 0.6) is 5.75 Å². The van der Waals surface area contributed by atoms with Crippen LogP contribution in [-0.4, -0.2) is 23.7 Å². The molecular weight excluding hydrogens is 334 g/mol. The van der Waals surface area contributed by atoms with Crippen LogP contribution in [-0.2, 0) is 4.79 Å². The molecule has 0 radical (unpaired) electrons. The Kier molecular flexibility index (Phi) is 5.86. The predicted molar refractivity (Wildman–Crippen MR) is 90.5 cm³/mol. The van der Waals surface area contributed by atoms with Gasteiger partial charge in [0.2, 0.25) is 0 Å². The number of hydrogen-bond donors (Lipinski definition) is 1. The van der Waals surface area contributed by atoms with Crippen molar-refractivity contribution < 1.29 is 14.5 Å². The highest BCUT2D eigenvalue weighted by atomic mass is 35.5. The minimum Gasteiger partial charge on any atom is -0.484 e. The summed E-state index contributed by atoms with van der Waals surface area (Å²) in [6.07, 6.45) is 1.29. The Hall–Kier alpha value is -2.93. The van der Waals surface area contributed by atoms with Crippen molar-refractivity contribution in [3.63, 3.8) is 0 Å². The van der Waals surface area contributed by atoms with Crippen molar-refractivity contribution in [1.29, 1.82) is 0 Å². The number of ether oxygens (including phenoxy) is 1. The number of aryl methyl sites for hydroxylation is 1. The Morgan fingerprint density at radius 1 is 1.38 bits per heavy atom. The fraction of sp³-hybridized carbons (Fsp3) is 0.125. The zero-order chi connectivity index (χ0) is 17.5. The summed E-state index contributed by atoms with van der Waals surface area (Å²) in [5.41, 5.74) is 3.51. The van der Waals surface area contributed by atoms with Gasteiger partial charge in [-0.2, -0.15) is 5.10 Å². The van der Waals surface area contributed by atoms with Crippen LogP contribution in [0.3, 0.4) is 0 Å². The van der Waals surface area contributed by atoms with Gasteiger partial charge < -0.3 is 4.74 Å². The molecule has 7 nitrogen and oxygen atoms in total. The SMILES string of the molecule is Cc1cccc(OCC(=O)N/N=C\c2ccc(Cl)c([N+](=O)[O-])c2)c1. The molecule has 124 valence electrons. The van der Waals surface area contributed by atoms with Gasteiger partial charge in [-0.3, -0.25) is 14.9 Å². The van der Waals surface area contributed by atoms with Gasteiger partial charge in [-0.15, -0.1) is 0 Å². The van der Waals surface area contributed by atoms with Crippen molar-refractivity contribution in [3.05, 3.63) is 68.7 Å². The molecule has 2 rings (SSSR count). The largest absolute Gasteiger partial charge is 0.484 e. The van der Waals surface area contributed by atoms with Gasteiger partial charge >= 0.3 is 0 Å². The first-order chi connectivity index (χ1) is 11.5. The third-order valence-corrected chi connectivity index (χ3v) is 3.25. The van der Waals surface area contributed by atoms with Crippen LogP contribution in [0.1, 0.15) is 11.1 Å². The predicted octanol–water partition coefficient (Wildman–Crippen LogP) is 3.09. The van der Waals surface area contributed by atoms with E-state index in [1.54, 1.807) is 12.1 Å². The smallest absolute Gasteiger partial charge is 0.288 e. The van der Waals surface area contributed by atoms with E-state index in [-0.39, 0.29) is 17.3 Å². The normalized spacial score (nSPS) is 10.6. The molecule has 0 aliphatic rings. The van der Waals surface area contributed by atoms with Crippen LogP contribution < -0.4 is 10.2 Å². The van der Waals surface area contributed by atoms with Crippen molar-refractivity contribution in [1.82, 2.24) is 5.43 Å². The summed E-state index contributed by atoms with van der Waals surface area (Å²) in [7, 11) is 0. The molecule has 0 fully saturated rings. The van der Waals surface area contributed by atoms with E-state index in [1.807, 2.05) is 25.1 Å². The maximum Gasteiger partial charge on any atom is 0.288 e. The number of hydrogen-bond acceptors (Lipinski definition) is 5. The van der Waals surface area contributed by atoms with Gasteiger partial charge in [0.25, 0.3) is 11.6 Å². The number of nitrogens with one attached hydrogen (secondary N) is 1. The van der Waals surface area contributed by atoms with E-state index in [1.165, 1.54) is 18.3 Å². The van der Waals surface area contributed by atoms with E-state index in [0.717, 1.165) is 5.56 Å². The quantitative estimate of drug-likeness (QED) is 0.493. The van der Waals surface area contributed by atoms with E-state index in [4.69, 9.17) is 16.3 Å². The molecule has 0 spiro atoms. The van der Waals surface area contributed by atoms with Crippen molar-refractivity contribution in [2.45, 2.75) is 6.92 Å². The number of nitro groups is 1. The molecule has 2 aromatic carbocycles. The zero-order valence-corrected chi connectivity index (χ0v) is 13.5. The Bertz CT molecular complexity index is 793. The fourth-order valence-electron chi connectivity index (χ4n) is 1.81. The number of benzene rings is 2. The molecule has 8 heteroatoms. The van der Waals surface area contributed by atoms with E-state index >= 15 is 0 Å². The van der Waals surface area contributed by atoms with Gasteiger partial charge in [0.1, 0.15) is 10.8 Å². The van der Waals surface area contributed by atoms with Gasteiger partial charge in [0.15, 0.2) is 6.61 Å². The number of halogens is 1. The van der Waals surface area contributed by atoms with E-state index < -0.39 is 10.8 Å². The molecule has 0 aliphatic heterocycles. The van der Waals surface area contributed by atoms with Crippen LogP contribution in [0.2, 0.25) is 5.02 Å². The summed E-state index contributed by atoms with van der Waals surface area (Å²) in [5.74, 6) is 0.138. The first-order valence-corrected chi connectivity index (χ1v) is 7.29. The van der Waals surface area contributed by atoms with Crippen LogP contribution in [0, 0.1) is 17.0 Å². The molecule has 1 N–H and O–H groups in total. The van der Waals surface area contributed by atoms with Crippen molar-refractivity contribution >= 4 is 29.4 Å². The highest BCUT2D eigenvalue weighted by molar-refractivity contribution is 6.32. The zero-order valence-electron chi connectivity index (χ0n) is 12.7. The highest BCUT2D eigenvalue weighted by Gasteiger charge is 2.11. The average Bonchev–Trinajstić information content (AvgIpc) is 2.54. The number of carbonyl (C=O) groups excluding carboxylic acids is 1. The summed E-state index contributed by atoms with van der Waals surface area (Å²) >= 11 is 5.71. The molecule has 0 bridgehead atoms. The number of carbonyl (C=O) groups is 1. The molecule has 0 unspecified atom stereocenters. The van der Waals surface area contributed by atoms with Gasteiger partial charge in [0.05, 0.1) is 11.1 Å². The molecule has 24 heavy (non-hydrogen) atoms. The summed E-state index contributed by atoms with van der Waals surface area (Å²) in [6, 6.07) is 11.5. The fourth-order valence-corrected chi connectivity index (χ4v) is 2.00. The number of rotatable bonds is 6. The lowest BCUT2D eigenvalue weighted by molar-refractivity contribution is -0.384. The molecular formula is C16H14ClN3O4. The lowest BCUT2D eigenvalue weighted by Gasteiger charge is -2.05. The van der Waals surface area contributed by atoms with Crippen molar-refractivity contribution in [3.8, 4) is 5.75 Å². The molecule has 1 amide bonds. The summed E-state index contributed by atoms with van der Waals surface area (Å²) in [5, 5.41) is 14.6. The van der Waals surface area contributed by atoms with Gasteiger partial charge in [-0.05, 0) is 30.7 Å². The third kappa shape index (κ3) is 5.06. The standard InChI is InChI=1S/C16H14ClN3O4/c1-11-3-2-4-13(7-11)24-10-16(21)19-18-9-12-5-6-14(17)15(8-12)20(22)23/h2-9H,10H2,1H3,(H,19,21)/b18-9-. The molecule has 2 aromatic rings.